The molecule has 0 aliphatic rings. The molecule has 0 atom stereocenters. The van der Waals surface area contributed by atoms with Crippen LogP contribution in [0.5, 0.6) is 5.75 Å². The van der Waals surface area contributed by atoms with E-state index in [0.29, 0.717) is 33.1 Å². The van der Waals surface area contributed by atoms with Crippen molar-refractivity contribution in [3.05, 3.63) is 87.2 Å². The number of hydrogen-bond donors (Lipinski definition) is 1. The standard InChI is InChI=1S/C23H19Cl2N5O2S/c1-14-4-3-5-17(24)19(14)30(13-15-6-8-16(32-2)9-7-15)22(31)18-12-28-23(33-18)29-21-20(25)26-10-11-27-21/h3-12H,13H2,1-2H3,(H,27,28,29). The van der Waals surface area contributed by atoms with Gasteiger partial charge in [-0.15, -0.1) is 0 Å². The first kappa shape index (κ1) is 23.0. The minimum Gasteiger partial charge on any atom is -0.497 e. The van der Waals surface area contributed by atoms with Crippen molar-refractivity contribution in [1.82, 2.24) is 15.0 Å². The largest absolute Gasteiger partial charge is 0.497 e. The Bertz CT molecular complexity index is 1260. The van der Waals surface area contributed by atoms with E-state index in [2.05, 4.69) is 20.3 Å². The summed E-state index contributed by atoms with van der Waals surface area (Å²) in [6.45, 7) is 2.25. The second-order valence-corrected chi connectivity index (χ2v) is 8.79. The van der Waals surface area contributed by atoms with Gasteiger partial charge in [-0.1, -0.05) is 58.8 Å². The van der Waals surface area contributed by atoms with Crippen LogP contribution in [0.3, 0.4) is 0 Å². The molecule has 0 saturated carbocycles. The number of benzene rings is 2. The average molecular weight is 500 g/mol. The molecular weight excluding hydrogens is 481 g/mol. The zero-order valence-electron chi connectivity index (χ0n) is 17.8. The number of carbonyl (C=O) groups excluding carboxylic acids is 1. The van der Waals surface area contributed by atoms with Crippen molar-refractivity contribution in [1.29, 1.82) is 0 Å². The molecule has 10 heteroatoms. The third kappa shape index (κ3) is 5.24. The first-order valence-electron chi connectivity index (χ1n) is 9.85. The van der Waals surface area contributed by atoms with Crippen molar-refractivity contribution >= 4 is 57.1 Å². The summed E-state index contributed by atoms with van der Waals surface area (Å²) in [4.78, 5) is 28.2. The molecule has 0 aliphatic carbocycles. The molecule has 2 aromatic carbocycles. The molecule has 0 saturated heterocycles. The van der Waals surface area contributed by atoms with Crippen LogP contribution in [0.25, 0.3) is 0 Å². The number of anilines is 3. The van der Waals surface area contributed by atoms with E-state index in [1.807, 2.05) is 43.3 Å². The van der Waals surface area contributed by atoms with Crippen molar-refractivity contribution in [2.75, 3.05) is 17.3 Å². The summed E-state index contributed by atoms with van der Waals surface area (Å²) < 4.78 is 5.24. The van der Waals surface area contributed by atoms with Gasteiger partial charge in [0.2, 0.25) is 0 Å². The first-order valence-corrected chi connectivity index (χ1v) is 11.4. The fourth-order valence-electron chi connectivity index (χ4n) is 3.20. The highest BCUT2D eigenvalue weighted by Crippen LogP contribution is 2.34. The maximum absolute atomic E-state index is 13.6. The molecule has 0 spiro atoms. The summed E-state index contributed by atoms with van der Waals surface area (Å²) in [5.41, 5.74) is 2.47. The van der Waals surface area contributed by atoms with E-state index < -0.39 is 0 Å². The lowest BCUT2D eigenvalue weighted by molar-refractivity contribution is 0.0988. The Morgan fingerprint density at radius 1 is 1.09 bits per heavy atom. The number of amides is 1. The van der Waals surface area contributed by atoms with E-state index in [9.17, 15) is 4.79 Å². The normalized spacial score (nSPS) is 10.7. The van der Waals surface area contributed by atoms with Crippen molar-refractivity contribution in [2.24, 2.45) is 0 Å². The lowest BCUT2D eigenvalue weighted by Crippen LogP contribution is -2.30. The van der Waals surface area contributed by atoms with Crippen LogP contribution in [-0.4, -0.2) is 28.0 Å². The zero-order chi connectivity index (χ0) is 23.4. The van der Waals surface area contributed by atoms with Gasteiger partial charge in [0.25, 0.3) is 5.91 Å². The smallest absolute Gasteiger partial charge is 0.270 e. The molecule has 7 nitrogen and oxygen atoms in total. The van der Waals surface area contributed by atoms with Crippen LogP contribution in [-0.2, 0) is 6.54 Å². The Hall–Kier alpha value is -3.20. The summed E-state index contributed by atoms with van der Waals surface area (Å²) in [5, 5.41) is 4.18. The molecule has 2 aromatic heterocycles. The third-order valence-electron chi connectivity index (χ3n) is 4.80. The lowest BCUT2D eigenvalue weighted by Gasteiger charge is -2.25. The summed E-state index contributed by atoms with van der Waals surface area (Å²) in [5.74, 6) is 0.883. The minimum absolute atomic E-state index is 0.216. The molecule has 33 heavy (non-hydrogen) atoms. The number of ether oxygens (including phenoxy) is 1. The van der Waals surface area contributed by atoms with Crippen LogP contribution < -0.4 is 15.0 Å². The third-order valence-corrected chi connectivity index (χ3v) is 6.28. The van der Waals surface area contributed by atoms with Gasteiger partial charge in [0.1, 0.15) is 10.6 Å². The predicted octanol–water partition coefficient (Wildman–Crippen LogP) is 6.15. The van der Waals surface area contributed by atoms with Crippen molar-refractivity contribution in [3.63, 3.8) is 0 Å². The zero-order valence-corrected chi connectivity index (χ0v) is 20.1. The fraction of sp³-hybridized carbons (Fsp3) is 0.130. The number of thiazole rings is 1. The van der Waals surface area contributed by atoms with E-state index in [4.69, 9.17) is 27.9 Å². The molecule has 2 heterocycles. The molecular formula is C23H19Cl2N5O2S. The molecule has 0 fully saturated rings. The molecule has 0 unspecified atom stereocenters. The quantitative estimate of drug-likeness (QED) is 0.328. The summed E-state index contributed by atoms with van der Waals surface area (Å²) in [6, 6.07) is 13.1. The number of hydrogen-bond acceptors (Lipinski definition) is 7. The number of aryl methyl sites for hydroxylation is 1. The number of methoxy groups -OCH3 is 1. The van der Waals surface area contributed by atoms with E-state index >= 15 is 0 Å². The number of halogens is 2. The van der Waals surface area contributed by atoms with Crippen LogP contribution >= 0.6 is 34.5 Å². The maximum Gasteiger partial charge on any atom is 0.270 e. The number of para-hydroxylation sites is 1. The Balaban J connectivity index is 1.66. The van der Waals surface area contributed by atoms with Crippen LogP contribution in [0.1, 0.15) is 20.8 Å². The summed E-state index contributed by atoms with van der Waals surface area (Å²) in [6.07, 6.45) is 4.53. The van der Waals surface area contributed by atoms with E-state index in [0.717, 1.165) is 16.9 Å². The Morgan fingerprint density at radius 2 is 1.85 bits per heavy atom. The molecule has 168 valence electrons. The lowest BCUT2D eigenvalue weighted by atomic mass is 10.1. The van der Waals surface area contributed by atoms with Crippen molar-refractivity contribution in [2.45, 2.75) is 13.5 Å². The maximum atomic E-state index is 13.6. The van der Waals surface area contributed by atoms with Gasteiger partial charge in [-0.2, -0.15) is 0 Å². The second-order valence-electron chi connectivity index (χ2n) is 7.00. The highest BCUT2D eigenvalue weighted by atomic mass is 35.5. The topological polar surface area (TPSA) is 80.2 Å². The summed E-state index contributed by atoms with van der Waals surface area (Å²) >= 11 is 13.8. The SMILES string of the molecule is COc1ccc(CN(C(=O)c2cnc(Nc3nccnc3Cl)s2)c2c(C)cccc2Cl)cc1. The average Bonchev–Trinajstić information content (AvgIpc) is 3.28. The van der Waals surface area contributed by atoms with Gasteiger partial charge in [0.05, 0.1) is 30.6 Å². The second kappa shape index (κ2) is 10.2. The molecule has 4 aromatic rings. The van der Waals surface area contributed by atoms with Gasteiger partial charge in [-0.25, -0.2) is 15.0 Å². The Labute approximate surface area is 205 Å². The predicted molar refractivity (Wildman–Crippen MR) is 132 cm³/mol. The van der Waals surface area contributed by atoms with E-state index in [-0.39, 0.29) is 11.1 Å². The van der Waals surface area contributed by atoms with Gasteiger partial charge >= 0.3 is 0 Å². The van der Waals surface area contributed by atoms with Crippen LogP contribution in [0, 0.1) is 6.92 Å². The number of rotatable bonds is 7. The van der Waals surface area contributed by atoms with Gasteiger partial charge in [-0.3, -0.25) is 4.79 Å². The number of nitrogens with zero attached hydrogens (tertiary/aromatic N) is 4. The monoisotopic (exact) mass is 499 g/mol. The van der Waals surface area contributed by atoms with Gasteiger partial charge in [0.15, 0.2) is 16.1 Å². The van der Waals surface area contributed by atoms with Crippen molar-refractivity contribution < 1.29 is 9.53 Å². The van der Waals surface area contributed by atoms with Gasteiger partial charge in [0, 0.05) is 12.4 Å². The molecule has 0 radical (unpaired) electrons. The van der Waals surface area contributed by atoms with Gasteiger partial charge < -0.3 is 15.0 Å². The highest BCUT2D eigenvalue weighted by Gasteiger charge is 2.24. The van der Waals surface area contributed by atoms with E-state index in [1.165, 1.54) is 29.9 Å². The van der Waals surface area contributed by atoms with E-state index in [1.54, 1.807) is 18.1 Å². The Kier molecular flexibility index (Phi) is 7.08. The minimum atomic E-state index is -0.224. The van der Waals surface area contributed by atoms with Crippen LogP contribution in [0.2, 0.25) is 10.2 Å². The number of nitrogens with one attached hydrogen (secondary N) is 1. The first-order chi connectivity index (χ1) is 16.0. The van der Waals surface area contributed by atoms with Crippen LogP contribution in [0.15, 0.2) is 61.1 Å². The molecule has 1 N–H and O–H groups in total. The van der Waals surface area contributed by atoms with Crippen LogP contribution in [0.4, 0.5) is 16.6 Å². The molecule has 0 bridgehead atoms. The fourth-order valence-corrected chi connectivity index (χ4v) is 4.44. The van der Waals surface area contributed by atoms with Crippen molar-refractivity contribution in [3.8, 4) is 5.75 Å². The highest BCUT2D eigenvalue weighted by molar-refractivity contribution is 7.17. The number of aromatic nitrogens is 3. The van der Waals surface area contributed by atoms with Gasteiger partial charge in [-0.05, 0) is 36.2 Å². The molecule has 1 amide bonds. The molecule has 0 aliphatic heterocycles. The molecule has 4 rings (SSSR count). The summed E-state index contributed by atoms with van der Waals surface area (Å²) in [7, 11) is 1.61. The number of carbonyl (C=O) groups is 1. The Morgan fingerprint density at radius 3 is 2.55 bits per heavy atom.